The Morgan fingerprint density at radius 2 is 0.519 bits per heavy atom. The van der Waals surface area contributed by atoms with Gasteiger partial charge in [-0.25, -0.2) is 9.13 Å². The van der Waals surface area contributed by atoms with Gasteiger partial charge in [-0.2, -0.15) is 0 Å². The van der Waals surface area contributed by atoms with Crippen molar-refractivity contribution >= 4 is 39.5 Å². The lowest BCUT2D eigenvalue weighted by atomic mass is 10.0. The molecular weight excluding hydrogens is 1350 g/mol. The minimum absolute atomic E-state index is 0.0847. The number of aliphatic hydroxyl groups excluding tert-OH is 1. The molecular formula is C85H162O17P2. The molecule has 0 saturated carbocycles. The number of hydrogen-bond acceptors (Lipinski definition) is 15. The fourth-order valence-electron chi connectivity index (χ4n) is 12.8. The molecule has 0 aliphatic heterocycles. The van der Waals surface area contributed by atoms with Gasteiger partial charge in [0.25, 0.3) is 0 Å². The van der Waals surface area contributed by atoms with Gasteiger partial charge in [-0.15, -0.1) is 0 Å². The van der Waals surface area contributed by atoms with Crippen molar-refractivity contribution in [2.75, 3.05) is 39.6 Å². The van der Waals surface area contributed by atoms with Crippen LogP contribution in [-0.2, 0) is 65.4 Å². The van der Waals surface area contributed by atoms with Crippen molar-refractivity contribution < 1.29 is 80.2 Å². The van der Waals surface area contributed by atoms with Gasteiger partial charge in [-0.1, -0.05) is 380 Å². The van der Waals surface area contributed by atoms with Crippen LogP contribution in [0.25, 0.3) is 0 Å². The lowest BCUT2D eigenvalue weighted by molar-refractivity contribution is -0.161. The third kappa shape index (κ3) is 77.7. The summed E-state index contributed by atoms with van der Waals surface area (Å²) in [7, 11) is -9.94. The smallest absolute Gasteiger partial charge is 0.462 e. The summed E-state index contributed by atoms with van der Waals surface area (Å²) in [5.41, 5.74) is 0. The van der Waals surface area contributed by atoms with Crippen molar-refractivity contribution in [2.45, 2.75) is 451 Å². The fourth-order valence-corrected chi connectivity index (χ4v) is 14.3. The Morgan fingerprint density at radius 3 is 0.788 bits per heavy atom. The van der Waals surface area contributed by atoms with Gasteiger partial charge < -0.3 is 33.8 Å². The second kappa shape index (κ2) is 77.3. The molecule has 104 heavy (non-hydrogen) atoms. The van der Waals surface area contributed by atoms with Crippen LogP contribution in [0.3, 0.4) is 0 Å². The highest BCUT2D eigenvalue weighted by atomic mass is 31.2. The molecule has 0 heterocycles. The van der Waals surface area contributed by atoms with E-state index in [2.05, 4.69) is 58.9 Å². The van der Waals surface area contributed by atoms with Crippen LogP contribution in [0.5, 0.6) is 0 Å². The second-order valence-electron chi connectivity index (χ2n) is 30.4. The maximum absolute atomic E-state index is 13.1. The number of unbranched alkanes of at least 4 members (excludes halogenated alkanes) is 52. The van der Waals surface area contributed by atoms with Crippen molar-refractivity contribution in [1.82, 2.24) is 0 Å². The van der Waals surface area contributed by atoms with E-state index in [-0.39, 0.29) is 25.7 Å². The molecule has 2 unspecified atom stereocenters. The van der Waals surface area contributed by atoms with Crippen LogP contribution in [-0.4, -0.2) is 96.7 Å². The summed E-state index contributed by atoms with van der Waals surface area (Å²) >= 11 is 0. The molecule has 5 atom stereocenters. The fraction of sp³-hybridized carbons (Fsp3) is 0.906. The lowest BCUT2D eigenvalue weighted by Crippen LogP contribution is -2.30. The number of phosphoric acid groups is 2. The third-order valence-corrected chi connectivity index (χ3v) is 21.3. The molecule has 0 amide bonds. The van der Waals surface area contributed by atoms with Gasteiger partial charge in [-0.05, 0) is 57.3 Å². The highest BCUT2D eigenvalue weighted by Crippen LogP contribution is 2.45. The summed E-state index contributed by atoms with van der Waals surface area (Å²) in [5.74, 6) is -1.43. The molecule has 0 aromatic heterocycles. The Hall–Kier alpha value is -2.46. The zero-order valence-corrected chi connectivity index (χ0v) is 69.4. The van der Waals surface area contributed by atoms with Crippen LogP contribution in [0.1, 0.15) is 433 Å². The van der Waals surface area contributed by atoms with E-state index >= 15 is 0 Å². The molecule has 0 radical (unpaired) electrons. The zero-order valence-electron chi connectivity index (χ0n) is 67.7. The van der Waals surface area contributed by atoms with Crippen molar-refractivity contribution in [3.8, 4) is 0 Å². The van der Waals surface area contributed by atoms with E-state index in [0.717, 1.165) is 109 Å². The van der Waals surface area contributed by atoms with Crippen LogP contribution < -0.4 is 0 Å². The van der Waals surface area contributed by atoms with Crippen LogP contribution in [0.2, 0.25) is 0 Å². The summed E-state index contributed by atoms with van der Waals surface area (Å²) in [6.45, 7) is 7.22. The second-order valence-corrected chi connectivity index (χ2v) is 33.3. The SMILES string of the molecule is CCCCCC/C=C\C=C/CCCCCCCC(=O)O[C@H](COC(=O)CCCCCCCCCC(C)C)COP(=O)(O)OC[C@H](O)COP(=O)(O)OC[C@@H](COC(=O)CCCCCCCCCCCCCCCCCCC)OC(=O)CCCCCCCCCCCCCCCCCCCCCCCC. The number of esters is 4. The van der Waals surface area contributed by atoms with Gasteiger partial charge in [-0.3, -0.25) is 37.3 Å². The normalized spacial score (nSPS) is 13.9. The van der Waals surface area contributed by atoms with E-state index in [1.807, 2.05) is 0 Å². The molecule has 614 valence electrons. The van der Waals surface area contributed by atoms with Gasteiger partial charge in [0.05, 0.1) is 26.4 Å². The predicted octanol–water partition coefficient (Wildman–Crippen LogP) is 25.5. The van der Waals surface area contributed by atoms with E-state index in [0.29, 0.717) is 31.6 Å². The first-order valence-corrected chi connectivity index (χ1v) is 46.4. The van der Waals surface area contributed by atoms with Crippen molar-refractivity contribution in [3.63, 3.8) is 0 Å². The highest BCUT2D eigenvalue weighted by Gasteiger charge is 2.30. The summed E-state index contributed by atoms with van der Waals surface area (Å²) in [6.07, 6.45) is 73.2. The third-order valence-electron chi connectivity index (χ3n) is 19.4. The molecule has 0 spiro atoms. The molecule has 0 bridgehead atoms. The summed E-state index contributed by atoms with van der Waals surface area (Å²) in [6, 6.07) is 0. The molecule has 0 aromatic carbocycles. The summed E-state index contributed by atoms with van der Waals surface area (Å²) in [4.78, 5) is 73.1. The quantitative estimate of drug-likeness (QED) is 0.0169. The largest absolute Gasteiger partial charge is 0.472 e. The van der Waals surface area contributed by atoms with Crippen LogP contribution >= 0.6 is 15.6 Å². The molecule has 0 rings (SSSR count). The average Bonchev–Trinajstić information content (AvgIpc) is 0.905. The Bertz CT molecular complexity index is 2070. The molecule has 0 fully saturated rings. The summed E-state index contributed by atoms with van der Waals surface area (Å²) < 4.78 is 68.8. The average molecular weight is 1520 g/mol. The van der Waals surface area contributed by atoms with Crippen LogP contribution in [0.15, 0.2) is 24.3 Å². The lowest BCUT2D eigenvalue weighted by Gasteiger charge is -2.21. The molecule has 0 aliphatic carbocycles. The topological polar surface area (TPSA) is 237 Å². The Labute approximate surface area is 637 Å². The monoisotopic (exact) mass is 1520 g/mol. The molecule has 0 aromatic rings. The molecule has 19 heteroatoms. The number of phosphoric ester groups is 2. The minimum Gasteiger partial charge on any atom is -0.462 e. The maximum Gasteiger partial charge on any atom is 0.472 e. The first-order chi connectivity index (χ1) is 50.5. The van der Waals surface area contributed by atoms with E-state index in [4.69, 9.17) is 37.0 Å². The minimum atomic E-state index is -4.97. The van der Waals surface area contributed by atoms with E-state index in [9.17, 15) is 43.2 Å². The van der Waals surface area contributed by atoms with Crippen LogP contribution in [0.4, 0.5) is 0 Å². The Kier molecular flexibility index (Phi) is 75.4. The predicted molar refractivity (Wildman–Crippen MR) is 428 cm³/mol. The first kappa shape index (κ1) is 102. The molecule has 3 N–H and O–H groups in total. The Balaban J connectivity index is 5.24. The number of allylic oxidation sites excluding steroid dienone is 4. The molecule has 0 saturated heterocycles. The number of carbonyl (C=O) groups is 4. The van der Waals surface area contributed by atoms with E-state index in [1.165, 1.54) is 238 Å². The van der Waals surface area contributed by atoms with Crippen LogP contribution in [0, 0.1) is 5.92 Å². The van der Waals surface area contributed by atoms with Crippen molar-refractivity contribution in [2.24, 2.45) is 5.92 Å². The molecule has 0 aliphatic rings. The van der Waals surface area contributed by atoms with Gasteiger partial charge in [0.15, 0.2) is 12.2 Å². The van der Waals surface area contributed by atoms with Gasteiger partial charge in [0, 0.05) is 25.7 Å². The van der Waals surface area contributed by atoms with Gasteiger partial charge in [0.2, 0.25) is 0 Å². The van der Waals surface area contributed by atoms with E-state index < -0.39 is 97.5 Å². The number of aliphatic hydroxyl groups is 1. The number of carbonyl (C=O) groups excluding carboxylic acids is 4. The zero-order chi connectivity index (χ0) is 76.2. The van der Waals surface area contributed by atoms with E-state index in [1.54, 1.807) is 0 Å². The van der Waals surface area contributed by atoms with Crippen molar-refractivity contribution in [3.05, 3.63) is 24.3 Å². The Morgan fingerprint density at radius 1 is 0.298 bits per heavy atom. The van der Waals surface area contributed by atoms with Gasteiger partial charge >= 0.3 is 39.5 Å². The maximum atomic E-state index is 13.1. The van der Waals surface area contributed by atoms with Crippen molar-refractivity contribution in [1.29, 1.82) is 0 Å². The number of rotatable bonds is 83. The first-order valence-electron chi connectivity index (χ1n) is 43.5. The van der Waals surface area contributed by atoms with Gasteiger partial charge in [0.1, 0.15) is 19.3 Å². The standard InChI is InChI=1S/C85H162O17P2/c1-6-9-12-15-18-21-24-27-30-32-33-34-35-36-38-41-44-47-50-55-61-66-71-84(89)101-80(74-95-82(87)68-63-58-53-48-45-42-40-37-31-28-25-22-19-16-13-10-7-2)76-99-103(91,92)97-72-79(86)73-98-104(93,94)100-77-81(75-96-83(88)69-64-59-56-51-52-57-62-67-78(4)5)102-85(90)70-65-60-54-49-46-43-39-29-26-23-20-17-14-11-8-3/h23,26,29,39,78-81,86H,6-22,24-25,27-28,30-38,40-77H2,1-5H3,(H,91,92)(H,93,94)/b26-23-,39-29-/t79-,80-,81-/m1/s1. The molecule has 17 nitrogen and oxygen atoms in total. The summed E-state index contributed by atoms with van der Waals surface area (Å²) in [5, 5.41) is 10.7. The number of ether oxygens (including phenoxy) is 4. The highest BCUT2D eigenvalue weighted by molar-refractivity contribution is 7.47. The number of hydrogen-bond donors (Lipinski definition) is 3.